The van der Waals surface area contributed by atoms with Gasteiger partial charge in [0.2, 0.25) is 0 Å². The van der Waals surface area contributed by atoms with Crippen LogP contribution < -0.4 is 5.32 Å². The fourth-order valence-corrected chi connectivity index (χ4v) is 2.98. The summed E-state index contributed by atoms with van der Waals surface area (Å²) >= 11 is 1.89. The summed E-state index contributed by atoms with van der Waals surface area (Å²) in [6, 6.07) is 0. The Balaban J connectivity index is 2.30. The van der Waals surface area contributed by atoms with Crippen LogP contribution in [0, 0.1) is 0 Å². The van der Waals surface area contributed by atoms with Crippen LogP contribution in [0.15, 0.2) is 6.20 Å². The highest BCUT2D eigenvalue weighted by atomic mass is 32.2. The third kappa shape index (κ3) is 3.42. The monoisotopic (exact) mass is 294 g/mol. The molecule has 1 aromatic rings. The standard InChI is InChI=1S/C14H22N4OS/c1-4-15-11-9-16-13(10(2)3)17-12(11)14(19)18-5-7-20-8-6-18/h9-10,15H,4-8H2,1-3H3. The molecule has 1 N–H and O–H groups in total. The molecule has 0 atom stereocenters. The normalized spacial score (nSPS) is 15.5. The first-order valence-corrected chi connectivity index (χ1v) is 8.26. The van der Waals surface area contributed by atoms with Crippen molar-refractivity contribution in [3.8, 4) is 0 Å². The molecule has 2 heterocycles. The zero-order chi connectivity index (χ0) is 14.5. The first-order chi connectivity index (χ1) is 9.63. The Kier molecular flexibility index (Phi) is 5.23. The van der Waals surface area contributed by atoms with E-state index in [2.05, 4.69) is 15.3 Å². The molecule has 0 unspecified atom stereocenters. The van der Waals surface area contributed by atoms with Gasteiger partial charge in [-0.25, -0.2) is 9.97 Å². The summed E-state index contributed by atoms with van der Waals surface area (Å²) in [5.41, 5.74) is 1.25. The summed E-state index contributed by atoms with van der Waals surface area (Å²) in [5, 5.41) is 3.18. The molecule has 0 spiro atoms. The fourth-order valence-electron chi connectivity index (χ4n) is 2.07. The minimum atomic E-state index is 0.0190. The van der Waals surface area contributed by atoms with Crippen molar-refractivity contribution in [3.63, 3.8) is 0 Å². The van der Waals surface area contributed by atoms with Crippen molar-refractivity contribution in [3.05, 3.63) is 17.7 Å². The summed E-state index contributed by atoms with van der Waals surface area (Å²) in [7, 11) is 0. The van der Waals surface area contributed by atoms with E-state index in [9.17, 15) is 4.79 Å². The highest BCUT2D eigenvalue weighted by molar-refractivity contribution is 7.99. The number of amides is 1. The van der Waals surface area contributed by atoms with E-state index >= 15 is 0 Å². The van der Waals surface area contributed by atoms with Gasteiger partial charge in [-0.2, -0.15) is 11.8 Å². The number of nitrogens with zero attached hydrogens (tertiary/aromatic N) is 3. The topological polar surface area (TPSA) is 58.1 Å². The SMILES string of the molecule is CCNc1cnc(C(C)C)nc1C(=O)N1CCSCC1. The molecular weight excluding hydrogens is 272 g/mol. The molecule has 5 nitrogen and oxygen atoms in total. The molecule has 0 saturated carbocycles. The Hall–Kier alpha value is -1.30. The number of anilines is 1. The van der Waals surface area contributed by atoms with Crippen LogP contribution in [0.25, 0.3) is 0 Å². The molecule has 20 heavy (non-hydrogen) atoms. The van der Waals surface area contributed by atoms with Crippen LogP contribution in [-0.2, 0) is 0 Å². The summed E-state index contributed by atoms with van der Waals surface area (Å²) < 4.78 is 0. The van der Waals surface area contributed by atoms with Crippen molar-refractivity contribution in [1.29, 1.82) is 0 Å². The van der Waals surface area contributed by atoms with Gasteiger partial charge in [-0.15, -0.1) is 0 Å². The van der Waals surface area contributed by atoms with Gasteiger partial charge < -0.3 is 10.2 Å². The Morgan fingerprint density at radius 2 is 2.15 bits per heavy atom. The summed E-state index contributed by atoms with van der Waals surface area (Å²) in [6.07, 6.45) is 1.73. The van der Waals surface area contributed by atoms with E-state index in [1.165, 1.54) is 0 Å². The molecule has 1 saturated heterocycles. The fraction of sp³-hybridized carbons (Fsp3) is 0.643. The molecule has 0 bridgehead atoms. The maximum atomic E-state index is 12.7. The van der Waals surface area contributed by atoms with Gasteiger partial charge in [0, 0.05) is 37.1 Å². The first kappa shape index (κ1) is 15.1. The van der Waals surface area contributed by atoms with E-state index < -0.39 is 0 Å². The van der Waals surface area contributed by atoms with Crippen LogP contribution in [0.3, 0.4) is 0 Å². The lowest BCUT2D eigenvalue weighted by Gasteiger charge is -2.27. The second kappa shape index (κ2) is 6.92. The van der Waals surface area contributed by atoms with E-state index in [1.807, 2.05) is 37.4 Å². The second-order valence-electron chi connectivity index (χ2n) is 5.08. The third-order valence-electron chi connectivity index (χ3n) is 3.19. The minimum absolute atomic E-state index is 0.0190. The van der Waals surface area contributed by atoms with E-state index in [1.54, 1.807) is 6.20 Å². The van der Waals surface area contributed by atoms with Crippen LogP contribution >= 0.6 is 11.8 Å². The van der Waals surface area contributed by atoms with Crippen molar-refractivity contribution < 1.29 is 4.79 Å². The van der Waals surface area contributed by atoms with Crippen molar-refractivity contribution in [1.82, 2.24) is 14.9 Å². The highest BCUT2D eigenvalue weighted by Crippen LogP contribution is 2.20. The van der Waals surface area contributed by atoms with Gasteiger partial charge in [0.15, 0.2) is 5.69 Å². The van der Waals surface area contributed by atoms with E-state index in [4.69, 9.17) is 0 Å². The molecule has 0 aromatic carbocycles. The van der Waals surface area contributed by atoms with Crippen molar-refractivity contribution >= 4 is 23.4 Å². The molecule has 1 aliphatic rings. The summed E-state index contributed by atoms with van der Waals surface area (Å²) in [5.74, 6) is 2.97. The smallest absolute Gasteiger partial charge is 0.274 e. The number of rotatable bonds is 4. The van der Waals surface area contributed by atoms with E-state index in [0.717, 1.165) is 42.7 Å². The van der Waals surface area contributed by atoms with Gasteiger partial charge in [0.05, 0.1) is 11.9 Å². The average molecular weight is 294 g/mol. The molecule has 110 valence electrons. The lowest BCUT2D eigenvalue weighted by atomic mass is 10.2. The number of hydrogen-bond donors (Lipinski definition) is 1. The number of carbonyl (C=O) groups is 1. The predicted octanol–water partition coefficient (Wildman–Crippen LogP) is 2.22. The van der Waals surface area contributed by atoms with Crippen LogP contribution in [0.2, 0.25) is 0 Å². The van der Waals surface area contributed by atoms with E-state index in [-0.39, 0.29) is 11.8 Å². The van der Waals surface area contributed by atoms with Gasteiger partial charge in [-0.05, 0) is 6.92 Å². The quantitative estimate of drug-likeness (QED) is 0.922. The first-order valence-electron chi connectivity index (χ1n) is 7.11. The molecule has 1 aliphatic heterocycles. The lowest BCUT2D eigenvalue weighted by molar-refractivity contribution is 0.0767. The van der Waals surface area contributed by atoms with Crippen molar-refractivity contribution in [2.24, 2.45) is 0 Å². The van der Waals surface area contributed by atoms with Crippen LogP contribution in [0.4, 0.5) is 5.69 Å². The lowest BCUT2D eigenvalue weighted by Crippen LogP contribution is -2.38. The zero-order valence-electron chi connectivity index (χ0n) is 12.3. The second-order valence-corrected chi connectivity index (χ2v) is 6.30. The Morgan fingerprint density at radius 3 is 2.75 bits per heavy atom. The number of hydrogen-bond acceptors (Lipinski definition) is 5. The summed E-state index contributed by atoms with van der Waals surface area (Å²) in [4.78, 5) is 23.4. The van der Waals surface area contributed by atoms with Crippen LogP contribution in [0.5, 0.6) is 0 Å². The molecule has 0 aliphatic carbocycles. The third-order valence-corrected chi connectivity index (χ3v) is 4.13. The van der Waals surface area contributed by atoms with Gasteiger partial charge in [0.1, 0.15) is 5.82 Å². The highest BCUT2D eigenvalue weighted by Gasteiger charge is 2.23. The minimum Gasteiger partial charge on any atom is -0.382 e. The van der Waals surface area contributed by atoms with Crippen LogP contribution in [-0.4, -0.2) is 51.9 Å². The zero-order valence-corrected chi connectivity index (χ0v) is 13.2. The average Bonchev–Trinajstić information content (AvgIpc) is 2.48. The molecule has 0 radical (unpaired) electrons. The van der Waals surface area contributed by atoms with E-state index in [0.29, 0.717) is 5.69 Å². The number of thioether (sulfide) groups is 1. The van der Waals surface area contributed by atoms with Crippen molar-refractivity contribution in [2.75, 3.05) is 36.5 Å². The number of carbonyl (C=O) groups excluding carboxylic acids is 1. The maximum Gasteiger partial charge on any atom is 0.274 e. The van der Waals surface area contributed by atoms with Gasteiger partial charge in [0.25, 0.3) is 5.91 Å². The molecule has 2 rings (SSSR count). The number of nitrogens with one attached hydrogen (secondary N) is 1. The molecule has 6 heteroatoms. The molecular formula is C14H22N4OS. The van der Waals surface area contributed by atoms with Crippen LogP contribution in [0.1, 0.15) is 43.0 Å². The Morgan fingerprint density at radius 1 is 1.45 bits per heavy atom. The Bertz CT molecular complexity index is 472. The molecule has 1 aromatic heterocycles. The molecule has 1 amide bonds. The number of aromatic nitrogens is 2. The summed E-state index contributed by atoms with van der Waals surface area (Å²) in [6.45, 7) is 8.43. The van der Waals surface area contributed by atoms with Gasteiger partial charge >= 0.3 is 0 Å². The maximum absolute atomic E-state index is 12.7. The van der Waals surface area contributed by atoms with Crippen molar-refractivity contribution in [2.45, 2.75) is 26.7 Å². The van der Waals surface area contributed by atoms with Gasteiger partial charge in [-0.1, -0.05) is 13.8 Å². The molecule has 1 fully saturated rings. The predicted molar refractivity (Wildman–Crippen MR) is 83.5 cm³/mol. The van der Waals surface area contributed by atoms with Gasteiger partial charge in [-0.3, -0.25) is 4.79 Å². The largest absolute Gasteiger partial charge is 0.382 e. The Labute approximate surface area is 124 Å².